The Morgan fingerprint density at radius 1 is 1.05 bits per heavy atom. The molecule has 22 heavy (non-hydrogen) atoms. The number of rotatable bonds is 3. The number of aromatic nitrogens is 1. The molecular formula is C21H28N+. The lowest BCUT2D eigenvalue weighted by molar-refractivity contribution is -0.661. The van der Waals surface area contributed by atoms with Gasteiger partial charge in [0, 0.05) is 16.7 Å². The highest BCUT2D eigenvalue weighted by molar-refractivity contribution is 5.64. The molecule has 0 amide bonds. The Bertz CT molecular complexity index is 651. The molecular weight excluding hydrogens is 266 g/mol. The van der Waals surface area contributed by atoms with Gasteiger partial charge >= 0.3 is 0 Å². The smallest absolute Gasteiger partial charge is 0.201 e. The van der Waals surface area contributed by atoms with E-state index in [1.165, 1.54) is 66.5 Å². The molecule has 1 aromatic heterocycles. The summed E-state index contributed by atoms with van der Waals surface area (Å²) in [6, 6.07) is 11.2. The normalized spacial score (nSPS) is 16.0. The maximum atomic E-state index is 2.41. The molecule has 1 aliphatic carbocycles. The topological polar surface area (TPSA) is 3.88 Å². The van der Waals surface area contributed by atoms with Gasteiger partial charge in [-0.25, -0.2) is 4.57 Å². The van der Waals surface area contributed by atoms with Crippen LogP contribution in [0.15, 0.2) is 36.5 Å². The first-order chi connectivity index (χ1) is 10.6. The molecule has 0 aliphatic heterocycles. The van der Waals surface area contributed by atoms with E-state index < -0.39 is 0 Å². The van der Waals surface area contributed by atoms with Crippen molar-refractivity contribution >= 4 is 0 Å². The lowest BCUT2D eigenvalue weighted by Gasteiger charge is -2.22. The number of hydrogen-bond donors (Lipinski definition) is 0. The van der Waals surface area contributed by atoms with Crippen LogP contribution in [0.5, 0.6) is 0 Å². The summed E-state index contributed by atoms with van der Waals surface area (Å²) < 4.78 is 2.33. The lowest BCUT2D eigenvalue weighted by Crippen LogP contribution is -2.33. The highest BCUT2D eigenvalue weighted by Gasteiger charge is 2.22. The van der Waals surface area contributed by atoms with Gasteiger partial charge in [-0.15, -0.1) is 0 Å². The Hall–Kier alpha value is -1.63. The number of pyridine rings is 1. The molecule has 0 spiro atoms. The largest absolute Gasteiger partial charge is 0.215 e. The molecule has 1 heteroatoms. The lowest BCUT2D eigenvalue weighted by atomic mass is 9.83. The third-order valence-electron chi connectivity index (χ3n) is 5.09. The summed E-state index contributed by atoms with van der Waals surface area (Å²) in [7, 11) is 2.19. The maximum absolute atomic E-state index is 2.41. The summed E-state index contributed by atoms with van der Waals surface area (Å²) in [6.45, 7) is 4.44. The Kier molecular flexibility index (Phi) is 4.61. The van der Waals surface area contributed by atoms with Crippen molar-refractivity contribution in [1.82, 2.24) is 0 Å². The van der Waals surface area contributed by atoms with Gasteiger partial charge < -0.3 is 0 Å². The Balaban J connectivity index is 2.02. The minimum atomic E-state index is 0.873. The molecule has 0 bridgehead atoms. The molecule has 0 saturated heterocycles. The molecule has 0 unspecified atom stereocenters. The summed E-state index contributed by atoms with van der Waals surface area (Å²) in [5.74, 6) is 0.873. The Morgan fingerprint density at radius 3 is 2.50 bits per heavy atom. The van der Waals surface area contributed by atoms with E-state index in [2.05, 4.69) is 62.0 Å². The summed E-state index contributed by atoms with van der Waals surface area (Å²) in [6.07, 6.45) is 10.6. The first-order valence-electron chi connectivity index (χ1n) is 8.70. The van der Waals surface area contributed by atoms with Crippen molar-refractivity contribution in [3.63, 3.8) is 0 Å². The molecule has 1 aliphatic rings. The molecule has 0 N–H and O–H groups in total. The summed E-state index contributed by atoms with van der Waals surface area (Å²) >= 11 is 0. The fourth-order valence-electron chi connectivity index (χ4n) is 4.04. The van der Waals surface area contributed by atoms with E-state index in [9.17, 15) is 0 Å². The standard InChI is InChI=1S/C21H28N/c1-16-13-19(14-18-10-5-4-6-11-18)21(22(3)15-16)20-12-8-7-9-17(20)2/h7-9,12-13,15,18H,4-6,10-11,14H2,1-3H3/q+1. The minimum absolute atomic E-state index is 0.873. The van der Waals surface area contributed by atoms with E-state index in [0.29, 0.717) is 0 Å². The highest BCUT2D eigenvalue weighted by Crippen LogP contribution is 2.31. The van der Waals surface area contributed by atoms with Crippen LogP contribution in [0, 0.1) is 19.8 Å². The van der Waals surface area contributed by atoms with Crippen molar-refractivity contribution in [2.75, 3.05) is 0 Å². The van der Waals surface area contributed by atoms with E-state index in [1.54, 1.807) is 0 Å². The quantitative estimate of drug-likeness (QED) is 0.708. The first-order valence-corrected chi connectivity index (χ1v) is 8.70. The van der Waals surface area contributed by atoms with Crippen LogP contribution in [0.3, 0.4) is 0 Å². The molecule has 1 aromatic carbocycles. The van der Waals surface area contributed by atoms with Crippen molar-refractivity contribution in [3.8, 4) is 11.3 Å². The second-order valence-electron chi connectivity index (χ2n) is 7.03. The number of benzene rings is 1. The predicted molar refractivity (Wildman–Crippen MR) is 92.8 cm³/mol. The summed E-state index contributed by atoms with van der Waals surface area (Å²) in [4.78, 5) is 0. The van der Waals surface area contributed by atoms with Gasteiger partial charge in [-0.05, 0) is 43.9 Å². The van der Waals surface area contributed by atoms with E-state index >= 15 is 0 Å². The second kappa shape index (κ2) is 6.64. The van der Waals surface area contributed by atoms with Crippen LogP contribution >= 0.6 is 0 Å². The Morgan fingerprint density at radius 2 is 1.77 bits per heavy atom. The van der Waals surface area contributed by atoms with Crippen LogP contribution in [-0.4, -0.2) is 0 Å². The van der Waals surface area contributed by atoms with Crippen molar-refractivity contribution < 1.29 is 4.57 Å². The van der Waals surface area contributed by atoms with Gasteiger partial charge in [0.15, 0.2) is 6.20 Å². The van der Waals surface area contributed by atoms with Crippen LogP contribution in [0.25, 0.3) is 11.3 Å². The van der Waals surface area contributed by atoms with Crippen molar-refractivity contribution in [1.29, 1.82) is 0 Å². The fraction of sp³-hybridized carbons (Fsp3) is 0.476. The van der Waals surface area contributed by atoms with E-state index in [1.807, 2.05) is 0 Å². The van der Waals surface area contributed by atoms with Gasteiger partial charge in [0.2, 0.25) is 5.69 Å². The monoisotopic (exact) mass is 294 g/mol. The Labute approximate surface area is 135 Å². The van der Waals surface area contributed by atoms with Gasteiger partial charge in [0.1, 0.15) is 7.05 Å². The second-order valence-corrected chi connectivity index (χ2v) is 7.03. The molecule has 1 nitrogen and oxygen atoms in total. The minimum Gasteiger partial charge on any atom is -0.201 e. The van der Waals surface area contributed by atoms with Gasteiger partial charge in [0.05, 0.1) is 0 Å². The molecule has 0 radical (unpaired) electrons. The average Bonchev–Trinajstić information content (AvgIpc) is 2.49. The zero-order valence-corrected chi connectivity index (χ0v) is 14.2. The summed E-state index contributed by atoms with van der Waals surface area (Å²) in [5.41, 5.74) is 7.06. The highest BCUT2D eigenvalue weighted by atomic mass is 14.9. The average molecular weight is 294 g/mol. The van der Waals surface area contributed by atoms with Crippen molar-refractivity contribution in [2.24, 2.45) is 13.0 Å². The first kappa shape index (κ1) is 15.3. The molecule has 116 valence electrons. The van der Waals surface area contributed by atoms with Crippen LogP contribution < -0.4 is 4.57 Å². The number of aryl methyl sites for hydroxylation is 3. The van der Waals surface area contributed by atoms with Crippen molar-refractivity contribution in [2.45, 2.75) is 52.4 Å². The fourth-order valence-corrected chi connectivity index (χ4v) is 4.04. The van der Waals surface area contributed by atoms with Crippen LogP contribution in [0.2, 0.25) is 0 Å². The predicted octanol–water partition coefficient (Wildman–Crippen LogP) is 4.92. The van der Waals surface area contributed by atoms with E-state index in [0.717, 1.165) is 5.92 Å². The van der Waals surface area contributed by atoms with Gasteiger partial charge in [0.25, 0.3) is 0 Å². The van der Waals surface area contributed by atoms with E-state index in [-0.39, 0.29) is 0 Å². The third-order valence-corrected chi connectivity index (χ3v) is 5.09. The molecule has 2 aromatic rings. The zero-order chi connectivity index (χ0) is 15.5. The molecule has 1 heterocycles. The van der Waals surface area contributed by atoms with Crippen LogP contribution in [0.4, 0.5) is 0 Å². The number of hydrogen-bond acceptors (Lipinski definition) is 0. The zero-order valence-electron chi connectivity index (χ0n) is 14.2. The van der Waals surface area contributed by atoms with Crippen molar-refractivity contribution in [3.05, 3.63) is 53.2 Å². The van der Waals surface area contributed by atoms with Gasteiger partial charge in [-0.3, -0.25) is 0 Å². The van der Waals surface area contributed by atoms with E-state index in [4.69, 9.17) is 0 Å². The maximum Gasteiger partial charge on any atom is 0.215 e. The van der Waals surface area contributed by atoms with Crippen LogP contribution in [0.1, 0.15) is 48.8 Å². The molecule has 3 rings (SSSR count). The van der Waals surface area contributed by atoms with Crippen LogP contribution in [-0.2, 0) is 13.5 Å². The third kappa shape index (κ3) is 3.24. The molecule has 0 atom stereocenters. The van der Waals surface area contributed by atoms with Gasteiger partial charge in [-0.1, -0.05) is 50.3 Å². The van der Waals surface area contributed by atoms with Gasteiger partial charge in [-0.2, -0.15) is 0 Å². The summed E-state index contributed by atoms with van der Waals surface area (Å²) in [5, 5.41) is 0. The molecule has 1 fully saturated rings. The molecule has 1 saturated carbocycles. The number of nitrogens with zero attached hydrogens (tertiary/aromatic N) is 1. The SMILES string of the molecule is Cc1cc(CC2CCCCC2)c(-c2ccccc2C)[n+](C)c1.